The minimum atomic E-state index is -0.292. The Morgan fingerprint density at radius 1 is 1.10 bits per heavy atom. The molecular weight excluding hydrogens is 400 g/mol. The molecular formula is C24H23ClN2O3. The van der Waals surface area contributed by atoms with Crippen molar-refractivity contribution in [3.8, 4) is 11.5 Å². The maximum Gasteiger partial charge on any atom is 0.262 e. The van der Waals surface area contributed by atoms with Gasteiger partial charge in [-0.25, -0.2) is 0 Å². The van der Waals surface area contributed by atoms with E-state index in [1.54, 1.807) is 30.5 Å². The Balaban J connectivity index is 1.73. The number of rotatable bonds is 7. The average molecular weight is 423 g/mol. The van der Waals surface area contributed by atoms with E-state index in [1.165, 1.54) is 7.11 Å². The number of benzene rings is 3. The SMILES string of the molecule is COc1cc(C=Nc2cc(C)ccc2C)cc(Cl)c1OCC(=O)Nc1ccccc1. The Labute approximate surface area is 181 Å². The number of amides is 1. The lowest BCUT2D eigenvalue weighted by Gasteiger charge is -2.13. The number of anilines is 1. The summed E-state index contributed by atoms with van der Waals surface area (Å²) >= 11 is 6.40. The van der Waals surface area contributed by atoms with Gasteiger partial charge in [-0.05, 0) is 60.9 Å². The summed E-state index contributed by atoms with van der Waals surface area (Å²) < 4.78 is 11.0. The van der Waals surface area contributed by atoms with Gasteiger partial charge in [0.15, 0.2) is 18.1 Å². The number of aliphatic imine (C=N–C) groups is 1. The molecule has 1 N–H and O–H groups in total. The molecule has 0 fully saturated rings. The number of methoxy groups -OCH3 is 1. The van der Waals surface area contributed by atoms with Gasteiger partial charge in [-0.15, -0.1) is 0 Å². The first-order valence-corrected chi connectivity index (χ1v) is 9.80. The number of hydrogen-bond acceptors (Lipinski definition) is 4. The van der Waals surface area contributed by atoms with Gasteiger partial charge >= 0.3 is 0 Å². The highest BCUT2D eigenvalue weighted by Crippen LogP contribution is 2.36. The van der Waals surface area contributed by atoms with Gasteiger partial charge in [0.05, 0.1) is 17.8 Å². The Bertz CT molecular complexity index is 1070. The van der Waals surface area contributed by atoms with E-state index in [-0.39, 0.29) is 12.5 Å². The highest BCUT2D eigenvalue weighted by molar-refractivity contribution is 6.32. The summed E-state index contributed by atoms with van der Waals surface area (Å²) in [6, 6.07) is 18.8. The minimum Gasteiger partial charge on any atom is -0.493 e. The van der Waals surface area contributed by atoms with Crippen LogP contribution in [0.3, 0.4) is 0 Å². The molecule has 0 radical (unpaired) electrons. The summed E-state index contributed by atoms with van der Waals surface area (Å²) in [5, 5.41) is 3.10. The second-order valence-electron chi connectivity index (χ2n) is 6.79. The lowest BCUT2D eigenvalue weighted by molar-refractivity contribution is -0.118. The molecule has 0 saturated heterocycles. The summed E-state index contributed by atoms with van der Waals surface area (Å²) in [7, 11) is 1.52. The third-order valence-corrected chi connectivity index (χ3v) is 4.66. The van der Waals surface area contributed by atoms with Gasteiger partial charge < -0.3 is 14.8 Å². The molecule has 0 heterocycles. The minimum absolute atomic E-state index is 0.194. The number of halogens is 1. The number of nitrogens with zero attached hydrogens (tertiary/aromatic N) is 1. The van der Waals surface area contributed by atoms with E-state index in [0.717, 1.165) is 22.4 Å². The normalized spacial score (nSPS) is 10.8. The van der Waals surface area contributed by atoms with Crippen molar-refractivity contribution in [1.82, 2.24) is 0 Å². The van der Waals surface area contributed by atoms with Crippen molar-refractivity contribution >= 4 is 35.1 Å². The zero-order valence-corrected chi connectivity index (χ0v) is 17.9. The molecule has 0 saturated carbocycles. The van der Waals surface area contributed by atoms with Crippen molar-refractivity contribution < 1.29 is 14.3 Å². The van der Waals surface area contributed by atoms with Crippen LogP contribution in [-0.2, 0) is 4.79 Å². The van der Waals surface area contributed by atoms with Gasteiger partial charge in [0.2, 0.25) is 0 Å². The lowest BCUT2D eigenvalue weighted by Crippen LogP contribution is -2.20. The van der Waals surface area contributed by atoms with Crippen molar-refractivity contribution in [3.05, 3.63) is 82.4 Å². The molecule has 5 nitrogen and oxygen atoms in total. The molecule has 0 atom stereocenters. The lowest BCUT2D eigenvalue weighted by atomic mass is 10.1. The first kappa shape index (κ1) is 21.4. The van der Waals surface area contributed by atoms with Crippen LogP contribution < -0.4 is 14.8 Å². The zero-order chi connectivity index (χ0) is 21.5. The Morgan fingerprint density at radius 3 is 2.60 bits per heavy atom. The summed E-state index contributed by atoms with van der Waals surface area (Å²) in [6.07, 6.45) is 1.72. The van der Waals surface area contributed by atoms with E-state index in [2.05, 4.69) is 10.3 Å². The smallest absolute Gasteiger partial charge is 0.262 e. The number of aryl methyl sites for hydroxylation is 2. The predicted octanol–water partition coefficient (Wildman–Crippen LogP) is 5.73. The second-order valence-corrected chi connectivity index (χ2v) is 7.19. The summed E-state index contributed by atoms with van der Waals surface area (Å²) in [4.78, 5) is 16.7. The summed E-state index contributed by atoms with van der Waals surface area (Å²) in [6.45, 7) is 3.84. The first-order valence-electron chi connectivity index (χ1n) is 9.43. The fourth-order valence-electron chi connectivity index (χ4n) is 2.81. The van der Waals surface area contributed by atoms with E-state index in [1.807, 2.05) is 50.2 Å². The fraction of sp³-hybridized carbons (Fsp3) is 0.167. The van der Waals surface area contributed by atoms with Gasteiger partial charge in [-0.3, -0.25) is 9.79 Å². The Hall–Kier alpha value is -3.31. The van der Waals surface area contributed by atoms with E-state index < -0.39 is 0 Å². The number of hydrogen-bond donors (Lipinski definition) is 1. The molecule has 0 unspecified atom stereocenters. The Morgan fingerprint density at radius 2 is 1.87 bits per heavy atom. The molecule has 154 valence electrons. The Kier molecular flexibility index (Phi) is 7.09. The van der Waals surface area contributed by atoms with Crippen molar-refractivity contribution in [2.24, 2.45) is 4.99 Å². The third kappa shape index (κ3) is 5.61. The van der Waals surface area contributed by atoms with Crippen LogP contribution >= 0.6 is 11.6 Å². The molecule has 1 amide bonds. The highest BCUT2D eigenvalue weighted by Gasteiger charge is 2.14. The largest absolute Gasteiger partial charge is 0.493 e. The predicted molar refractivity (Wildman–Crippen MR) is 122 cm³/mol. The van der Waals surface area contributed by atoms with E-state index in [0.29, 0.717) is 22.2 Å². The van der Waals surface area contributed by atoms with Crippen LogP contribution in [0.1, 0.15) is 16.7 Å². The van der Waals surface area contributed by atoms with Crippen molar-refractivity contribution in [3.63, 3.8) is 0 Å². The average Bonchev–Trinajstić information content (AvgIpc) is 2.74. The molecule has 0 bridgehead atoms. The first-order chi connectivity index (χ1) is 14.5. The van der Waals surface area contributed by atoms with Gasteiger partial charge in [-0.2, -0.15) is 0 Å². The summed E-state index contributed by atoms with van der Waals surface area (Å²) in [5.41, 5.74) is 4.57. The number of ether oxygens (including phenoxy) is 2. The monoisotopic (exact) mass is 422 g/mol. The molecule has 0 spiro atoms. The van der Waals surface area contributed by atoms with Crippen LogP contribution in [0, 0.1) is 13.8 Å². The topological polar surface area (TPSA) is 59.9 Å². The number of carbonyl (C=O) groups excluding carboxylic acids is 1. The molecule has 0 aliphatic carbocycles. The molecule has 0 aliphatic heterocycles. The fourth-order valence-corrected chi connectivity index (χ4v) is 3.09. The molecule has 0 aliphatic rings. The molecule has 6 heteroatoms. The van der Waals surface area contributed by atoms with E-state index in [4.69, 9.17) is 21.1 Å². The van der Waals surface area contributed by atoms with E-state index in [9.17, 15) is 4.79 Å². The van der Waals surface area contributed by atoms with Crippen LogP contribution in [0.2, 0.25) is 5.02 Å². The molecule has 3 aromatic carbocycles. The van der Waals surface area contributed by atoms with Crippen molar-refractivity contribution in [1.29, 1.82) is 0 Å². The maximum atomic E-state index is 12.1. The number of nitrogens with one attached hydrogen (secondary N) is 1. The van der Waals surface area contributed by atoms with Gasteiger partial charge in [0.1, 0.15) is 0 Å². The van der Waals surface area contributed by atoms with Crippen molar-refractivity contribution in [2.45, 2.75) is 13.8 Å². The zero-order valence-electron chi connectivity index (χ0n) is 17.1. The molecule has 0 aromatic heterocycles. The standard InChI is InChI=1S/C24H23ClN2O3/c1-16-9-10-17(2)21(11-16)26-14-18-12-20(25)24(22(13-18)29-3)30-15-23(28)27-19-7-5-4-6-8-19/h4-14H,15H2,1-3H3,(H,27,28). The molecule has 3 aromatic rings. The van der Waals surface area contributed by atoms with Crippen LogP contribution in [0.25, 0.3) is 0 Å². The third-order valence-electron chi connectivity index (χ3n) is 4.37. The van der Waals surface area contributed by atoms with Gasteiger partial charge in [0, 0.05) is 11.9 Å². The van der Waals surface area contributed by atoms with Crippen LogP contribution in [0.4, 0.5) is 11.4 Å². The van der Waals surface area contributed by atoms with Crippen molar-refractivity contribution in [2.75, 3.05) is 19.0 Å². The van der Waals surface area contributed by atoms with Crippen LogP contribution in [0.15, 0.2) is 65.7 Å². The second kappa shape index (κ2) is 9.94. The number of carbonyl (C=O) groups is 1. The molecule has 30 heavy (non-hydrogen) atoms. The maximum absolute atomic E-state index is 12.1. The summed E-state index contributed by atoms with van der Waals surface area (Å²) in [5.74, 6) is 0.448. The molecule has 3 rings (SSSR count). The quantitative estimate of drug-likeness (QED) is 0.494. The van der Waals surface area contributed by atoms with Gasteiger partial charge in [0.25, 0.3) is 5.91 Å². The van der Waals surface area contributed by atoms with Crippen LogP contribution in [-0.4, -0.2) is 25.8 Å². The van der Waals surface area contributed by atoms with Crippen LogP contribution in [0.5, 0.6) is 11.5 Å². The van der Waals surface area contributed by atoms with Gasteiger partial charge in [-0.1, -0.05) is 41.9 Å². The highest BCUT2D eigenvalue weighted by atomic mass is 35.5. The number of para-hydroxylation sites is 1. The van der Waals surface area contributed by atoms with E-state index >= 15 is 0 Å².